The molecule has 0 aromatic carbocycles. The lowest BCUT2D eigenvalue weighted by Gasteiger charge is -2.20. The molecule has 0 bridgehead atoms. The third-order valence-corrected chi connectivity index (χ3v) is 1.62. The highest BCUT2D eigenvalue weighted by Crippen LogP contribution is 2.16. The van der Waals surface area contributed by atoms with E-state index in [0.717, 1.165) is 12.8 Å². The minimum Gasteiger partial charge on any atom is -0.390 e. The van der Waals surface area contributed by atoms with Crippen LogP contribution in [-0.4, -0.2) is 16.6 Å². The lowest BCUT2D eigenvalue weighted by molar-refractivity contribution is -0.122. The number of rotatable bonds is 5. The molecule has 0 aromatic heterocycles. The van der Waals surface area contributed by atoms with E-state index in [2.05, 4.69) is 0 Å². The van der Waals surface area contributed by atoms with Crippen molar-refractivity contribution in [1.82, 2.24) is 0 Å². The summed E-state index contributed by atoms with van der Waals surface area (Å²) < 4.78 is 0. The Morgan fingerprint density at radius 2 is 2.18 bits per heavy atom. The van der Waals surface area contributed by atoms with Gasteiger partial charge in [0.05, 0.1) is 12.0 Å². The molecule has 0 aliphatic carbocycles. The number of carbonyl (C=O) groups is 1. The smallest absolute Gasteiger partial charge is 0.220 e. The van der Waals surface area contributed by atoms with Crippen LogP contribution in [0.25, 0.3) is 0 Å². The zero-order valence-electron chi connectivity index (χ0n) is 7.26. The van der Waals surface area contributed by atoms with Crippen LogP contribution in [0.1, 0.15) is 39.5 Å². The van der Waals surface area contributed by atoms with Crippen molar-refractivity contribution in [3.63, 3.8) is 0 Å². The lowest BCUT2D eigenvalue weighted by Crippen LogP contribution is -2.30. The Bertz CT molecular complexity index is 132. The van der Waals surface area contributed by atoms with E-state index in [1.165, 1.54) is 0 Å². The Balaban J connectivity index is 3.70. The molecule has 0 saturated heterocycles. The minimum atomic E-state index is -0.901. The molecule has 0 aliphatic heterocycles. The van der Waals surface area contributed by atoms with Gasteiger partial charge in [-0.15, -0.1) is 0 Å². The first-order valence-corrected chi connectivity index (χ1v) is 3.98. The molecule has 66 valence electrons. The molecule has 0 rings (SSSR count). The van der Waals surface area contributed by atoms with Gasteiger partial charge in [0.2, 0.25) is 5.91 Å². The van der Waals surface area contributed by atoms with Crippen molar-refractivity contribution in [2.45, 2.75) is 45.1 Å². The largest absolute Gasteiger partial charge is 0.390 e. The maximum absolute atomic E-state index is 10.4. The molecule has 3 heteroatoms. The number of hydrogen-bond donors (Lipinski definition) is 2. The predicted molar refractivity (Wildman–Crippen MR) is 44.0 cm³/mol. The molecule has 0 aromatic rings. The van der Waals surface area contributed by atoms with Crippen LogP contribution in [-0.2, 0) is 4.79 Å². The topological polar surface area (TPSA) is 63.3 Å². The fourth-order valence-corrected chi connectivity index (χ4v) is 1.02. The number of aliphatic hydroxyl groups is 1. The highest BCUT2D eigenvalue weighted by molar-refractivity contribution is 5.74. The van der Waals surface area contributed by atoms with E-state index in [1.54, 1.807) is 6.92 Å². The van der Waals surface area contributed by atoms with Crippen LogP contribution in [0.4, 0.5) is 0 Å². The van der Waals surface area contributed by atoms with Crippen LogP contribution in [0.3, 0.4) is 0 Å². The zero-order valence-corrected chi connectivity index (χ0v) is 7.26. The van der Waals surface area contributed by atoms with Gasteiger partial charge in [-0.25, -0.2) is 0 Å². The Morgan fingerprint density at radius 1 is 1.64 bits per heavy atom. The van der Waals surface area contributed by atoms with E-state index in [-0.39, 0.29) is 6.42 Å². The first kappa shape index (κ1) is 10.4. The van der Waals surface area contributed by atoms with Crippen LogP contribution in [0, 0.1) is 0 Å². The lowest BCUT2D eigenvalue weighted by atomic mass is 9.95. The summed E-state index contributed by atoms with van der Waals surface area (Å²) in [5.74, 6) is -0.439. The van der Waals surface area contributed by atoms with Crippen molar-refractivity contribution >= 4 is 5.91 Å². The van der Waals surface area contributed by atoms with E-state index >= 15 is 0 Å². The van der Waals surface area contributed by atoms with Crippen molar-refractivity contribution in [2.24, 2.45) is 5.73 Å². The quantitative estimate of drug-likeness (QED) is 0.623. The molecule has 11 heavy (non-hydrogen) atoms. The summed E-state index contributed by atoms with van der Waals surface area (Å²) in [6.45, 7) is 3.69. The van der Waals surface area contributed by atoms with Gasteiger partial charge in [-0.2, -0.15) is 0 Å². The second kappa shape index (κ2) is 4.34. The summed E-state index contributed by atoms with van der Waals surface area (Å²) >= 11 is 0. The molecule has 0 fully saturated rings. The standard InChI is InChI=1S/C8H17NO2/c1-3-4-5-8(2,11)6-7(9)10/h11H,3-6H2,1-2H3,(H2,9,10). The number of hydrogen-bond acceptors (Lipinski definition) is 2. The molecule has 0 saturated carbocycles. The van der Waals surface area contributed by atoms with Crippen LogP contribution in [0.2, 0.25) is 0 Å². The van der Waals surface area contributed by atoms with Crippen LogP contribution < -0.4 is 5.73 Å². The molecule has 1 unspecified atom stereocenters. The fraction of sp³-hybridized carbons (Fsp3) is 0.875. The number of amides is 1. The summed E-state index contributed by atoms with van der Waals surface area (Å²) in [7, 11) is 0. The minimum absolute atomic E-state index is 0.0625. The van der Waals surface area contributed by atoms with E-state index in [9.17, 15) is 9.90 Å². The first-order chi connectivity index (χ1) is 4.98. The van der Waals surface area contributed by atoms with Gasteiger partial charge in [0.15, 0.2) is 0 Å². The van der Waals surface area contributed by atoms with Gasteiger partial charge in [0, 0.05) is 0 Å². The summed E-state index contributed by atoms with van der Waals surface area (Å²) in [4.78, 5) is 10.4. The maximum atomic E-state index is 10.4. The summed E-state index contributed by atoms with van der Waals surface area (Å²) in [5.41, 5.74) is 4.05. The van der Waals surface area contributed by atoms with Crippen molar-refractivity contribution in [2.75, 3.05) is 0 Å². The van der Waals surface area contributed by atoms with Gasteiger partial charge in [-0.3, -0.25) is 4.79 Å². The molecule has 0 spiro atoms. The van der Waals surface area contributed by atoms with Crippen molar-refractivity contribution in [1.29, 1.82) is 0 Å². The summed E-state index contributed by atoms with van der Waals surface area (Å²) in [6.07, 6.45) is 2.66. The molecular weight excluding hydrogens is 142 g/mol. The molecular formula is C8H17NO2. The second-order valence-corrected chi connectivity index (χ2v) is 3.24. The van der Waals surface area contributed by atoms with Gasteiger partial charge < -0.3 is 10.8 Å². The third kappa shape index (κ3) is 5.85. The summed E-state index contributed by atoms with van der Waals surface area (Å²) in [5, 5.41) is 9.52. The molecule has 3 nitrogen and oxygen atoms in total. The molecule has 0 radical (unpaired) electrons. The van der Waals surface area contributed by atoms with E-state index in [4.69, 9.17) is 5.73 Å². The highest BCUT2D eigenvalue weighted by atomic mass is 16.3. The van der Waals surface area contributed by atoms with Crippen molar-refractivity contribution in [3.05, 3.63) is 0 Å². The van der Waals surface area contributed by atoms with Crippen molar-refractivity contribution < 1.29 is 9.90 Å². The molecule has 0 heterocycles. The zero-order chi connectivity index (χ0) is 8.91. The Labute approximate surface area is 67.6 Å². The Morgan fingerprint density at radius 3 is 2.55 bits per heavy atom. The van der Waals surface area contributed by atoms with E-state index < -0.39 is 11.5 Å². The first-order valence-electron chi connectivity index (χ1n) is 3.98. The normalized spacial score (nSPS) is 15.9. The van der Waals surface area contributed by atoms with Gasteiger partial charge >= 0.3 is 0 Å². The van der Waals surface area contributed by atoms with Gasteiger partial charge in [-0.05, 0) is 13.3 Å². The third-order valence-electron chi connectivity index (χ3n) is 1.62. The van der Waals surface area contributed by atoms with Crippen LogP contribution in [0.5, 0.6) is 0 Å². The Hall–Kier alpha value is -0.570. The molecule has 1 amide bonds. The summed E-state index contributed by atoms with van der Waals surface area (Å²) in [6, 6.07) is 0. The highest BCUT2D eigenvalue weighted by Gasteiger charge is 2.21. The van der Waals surface area contributed by atoms with E-state index in [1.807, 2.05) is 6.92 Å². The Kier molecular flexibility index (Phi) is 4.11. The van der Waals surface area contributed by atoms with Gasteiger partial charge in [0.25, 0.3) is 0 Å². The maximum Gasteiger partial charge on any atom is 0.220 e. The number of unbranched alkanes of at least 4 members (excludes halogenated alkanes) is 1. The molecule has 0 aliphatic rings. The van der Waals surface area contributed by atoms with Crippen LogP contribution >= 0.6 is 0 Å². The molecule has 1 atom stereocenters. The fourth-order valence-electron chi connectivity index (χ4n) is 1.02. The van der Waals surface area contributed by atoms with Crippen LogP contribution in [0.15, 0.2) is 0 Å². The number of nitrogens with two attached hydrogens (primary N) is 1. The molecule has 3 N–H and O–H groups in total. The van der Waals surface area contributed by atoms with Crippen molar-refractivity contribution in [3.8, 4) is 0 Å². The van der Waals surface area contributed by atoms with Gasteiger partial charge in [-0.1, -0.05) is 19.8 Å². The number of primary amides is 1. The average Bonchev–Trinajstić information content (AvgIpc) is 1.81. The number of carbonyl (C=O) groups excluding carboxylic acids is 1. The second-order valence-electron chi connectivity index (χ2n) is 3.24. The average molecular weight is 159 g/mol. The predicted octanol–water partition coefficient (Wildman–Crippen LogP) is 0.803. The SMILES string of the molecule is CCCCC(C)(O)CC(N)=O. The van der Waals surface area contributed by atoms with E-state index in [0.29, 0.717) is 6.42 Å². The monoisotopic (exact) mass is 159 g/mol. The van der Waals surface area contributed by atoms with Gasteiger partial charge in [0.1, 0.15) is 0 Å².